The second-order valence-electron chi connectivity index (χ2n) is 8.28. The standard InChI is InChI=1S/C24H28O4/c1-6-21(25)27-17-10-8-16(9-11-17)24(5)15-23(3,4)19-13-12-18(14-20(19)24)28-22(26)7-2/h8-14H,6-7,15H2,1-5H3/t24-/m0/s1. The fourth-order valence-corrected chi connectivity index (χ4v) is 4.26. The van der Waals surface area contributed by atoms with Crippen molar-refractivity contribution in [3.8, 4) is 11.5 Å². The number of benzene rings is 2. The van der Waals surface area contributed by atoms with Gasteiger partial charge in [0.2, 0.25) is 0 Å². The van der Waals surface area contributed by atoms with Crippen LogP contribution in [0.4, 0.5) is 0 Å². The van der Waals surface area contributed by atoms with E-state index in [1.807, 2.05) is 36.4 Å². The van der Waals surface area contributed by atoms with Gasteiger partial charge in [0.05, 0.1) is 0 Å². The van der Waals surface area contributed by atoms with Gasteiger partial charge in [0.1, 0.15) is 11.5 Å². The van der Waals surface area contributed by atoms with Crippen LogP contribution >= 0.6 is 0 Å². The number of hydrogen-bond acceptors (Lipinski definition) is 4. The average Bonchev–Trinajstić information content (AvgIpc) is 2.88. The summed E-state index contributed by atoms with van der Waals surface area (Å²) in [4.78, 5) is 23.2. The van der Waals surface area contributed by atoms with Crippen LogP contribution in [0.5, 0.6) is 11.5 Å². The number of carbonyl (C=O) groups is 2. The molecule has 0 N–H and O–H groups in total. The first-order valence-electron chi connectivity index (χ1n) is 9.86. The SMILES string of the molecule is CCC(=O)Oc1ccc([C@]2(C)CC(C)(C)c3ccc(OC(=O)CC)cc32)cc1. The summed E-state index contributed by atoms with van der Waals surface area (Å²) in [6.07, 6.45) is 1.63. The number of ether oxygens (including phenoxy) is 2. The largest absolute Gasteiger partial charge is 0.427 e. The maximum Gasteiger partial charge on any atom is 0.310 e. The monoisotopic (exact) mass is 380 g/mol. The van der Waals surface area contributed by atoms with E-state index in [0.717, 1.165) is 12.0 Å². The molecule has 1 aliphatic carbocycles. The van der Waals surface area contributed by atoms with Gasteiger partial charge in [-0.3, -0.25) is 9.59 Å². The maximum absolute atomic E-state index is 11.7. The van der Waals surface area contributed by atoms with E-state index in [9.17, 15) is 9.59 Å². The zero-order valence-electron chi connectivity index (χ0n) is 17.3. The highest BCUT2D eigenvalue weighted by atomic mass is 16.5. The Morgan fingerprint density at radius 1 is 0.821 bits per heavy atom. The summed E-state index contributed by atoms with van der Waals surface area (Å²) in [5, 5.41) is 0. The molecule has 4 nitrogen and oxygen atoms in total. The van der Waals surface area contributed by atoms with E-state index in [1.54, 1.807) is 13.8 Å². The second kappa shape index (κ2) is 7.42. The molecule has 0 amide bonds. The predicted octanol–water partition coefficient (Wildman–Crippen LogP) is 5.30. The van der Waals surface area contributed by atoms with Crippen LogP contribution < -0.4 is 9.47 Å². The molecule has 0 saturated heterocycles. The van der Waals surface area contributed by atoms with Crippen LogP contribution in [0.1, 0.15) is 70.6 Å². The molecular formula is C24H28O4. The molecule has 1 atom stereocenters. The Kier molecular flexibility index (Phi) is 5.33. The molecule has 0 unspecified atom stereocenters. The van der Waals surface area contributed by atoms with Crippen LogP contribution in [0.15, 0.2) is 42.5 Å². The Hall–Kier alpha value is -2.62. The van der Waals surface area contributed by atoms with Gasteiger partial charge in [-0.05, 0) is 52.8 Å². The summed E-state index contributed by atoms with van der Waals surface area (Å²) in [5.41, 5.74) is 3.38. The minimum Gasteiger partial charge on any atom is -0.427 e. The normalized spacial score (nSPS) is 19.8. The maximum atomic E-state index is 11.7. The third-order valence-electron chi connectivity index (χ3n) is 5.64. The lowest BCUT2D eigenvalue weighted by atomic mass is 9.75. The molecule has 0 saturated carbocycles. The van der Waals surface area contributed by atoms with Crippen LogP contribution in [0, 0.1) is 0 Å². The van der Waals surface area contributed by atoms with E-state index in [4.69, 9.17) is 9.47 Å². The molecular weight excluding hydrogens is 352 g/mol. The molecule has 0 aromatic heterocycles. The molecule has 2 aromatic rings. The molecule has 0 fully saturated rings. The van der Waals surface area contributed by atoms with Gasteiger partial charge in [0, 0.05) is 18.3 Å². The Balaban J connectivity index is 1.99. The Morgan fingerprint density at radius 3 is 1.93 bits per heavy atom. The summed E-state index contributed by atoms with van der Waals surface area (Å²) in [6, 6.07) is 13.7. The zero-order chi connectivity index (χ0) is 20.5. The molecule has 0 aliphatic heterocycles. The van der Waals surface area contributed by atoms with Crippen molar-refractivity contribution in [3.05, 3.63) is 59.2 Å². The van der Waals surface area contributed by atoms with Crippen molar-refractivity contribution < 1.29 is 19.1 Å². The van der Waals surface area contributed by atoms with Crippen molar-refractivity contribution in [1.29, 1.82) is 0 Å². The first-order chi connectivity index (χ1) is 13.2. The number of esters is 2. The molecule has 148 valence electrons. The number of hydrogen-bond donors (Lipinski definition) is 0. The van der Waals surface area contributed by atoms with Gasteiger partial charge in [0.25, 0.3) is 0 Å². The second-order valence-corrected chi connectivity index (χ2v) is 8.28. The van der Waals surface area contributed by atoms with Crippen molar-refractivity contribution in [2.45, 2.75) is 64.7 Å². The lowest BCUT2D eigenvalue weighted by Crippen LogP contribution is -2.23. The van der Waals surface area contributed by atoms with E-state index >= 15 is 0 Å². The highest BCUT2D eigenvalue weighted by Crippen LogP contribution is 2.53. The van der Waals surface area contributed by atoms with Gasteiger partial charge < -0.3 is 9.47 Å². The predicted molar refractivity (Wildman–Crippen MR) is 109 cm³/mol. The molecule has 0 radical (unpaired) electrons. The Labute approximate surface area is 166 Å². The lowest BCUT2D eigenvalue weighted by Gasteiger charge is -2.28. The summed E-state index contributed by atoms with van der Waals surface area (Å²) in [5.74, 6) is 0.667. The molecule has 0 heterocycles. The molecule has 2 aromatic carbocycles. The van der Waals surface area contributed by atoms with Crippen LogP contribution in [-0.4, -0.2) is 11.9 Å². The van der Waals surface area contributed by atoms with E-state index < -0.39 is 0 Å². The van der Waals surface area contributed by atoms with E-state index in [2.05, 4.69) is 26.8 Å². The van der Waals surface area contributed by atoms with Crippen LogP contribution in [0.3, 0.4) is 0 Å². The van der Waals surface area contributed by atoms with Gasteiger partial charge in [-0.2, -0.15) is 0 Å². The molecule has 1 aliphatic rings. The first kappa shape index (κ1) is 20.1. The third kappa shape index (κ3) is 3.68. The minimum absolute atomic E-state index is 0.00469. The van der Waals surface area contributed by atoms with Gasteiger partial charge in [-0.1, -0.05) is 52.8 Å². The lowest BCUT2D eigenvalue weighted by molar-refractivity contribution is -0.134. The summed E-state index contributed by atoms with van der Waals surface area (Å²) in [7, 11) is 0. The van der Waals surface area contributed by atoms with E-state index in [0.29, 0.717) is 24.3 Å². The van der Waals surface area contributed by atoms with Crippen molar-refractivity contribution in [2.75, 3.05) is 0 Å². The number of fused-ring (bicyclic) bond motifs is 1. The summed E-state index contributed by atoms with van der Waals surface area (Å²) < 4.78 is 10.8. The summed E-state index contributed by atoms with van der Waals surface area (Å²) in [6.45, 7) is 10.3. The Morgan fingerprint density at radius 2 is 1.36 bits per heavy atom. The minimum atomic E-state index is -0.242. The molecule has 0 spiro atoms. The average molecular weight is 380 g/mol. The van der Waals surface area contributed by atoms with Gasteiger partial charge in [-0.15, -0.1) is 0 Å². The van der Waals surface area contributed by atoms with Crippen molar-refractivity contribution in [3.63, 3.8) is 0 Å². The molecule has 28 heavy (non-hydrogen) atoms. The van der Waals surface area contributed by atoms with Gasteiger partial charge in [0.15, 0.2) is 0 Å². The first-order valence-corrected chi connectivity index (χ1v) is 9.86. The third-order valence-corrected chi connectivity index (χ3v) is 5.64. The smallest absolute Gasteiger partial charge is 0.310 e. The summed E-state index contributed by atoms with van der Waals surface area (Å²) >= 11 is 0. The van der Waals surface area contributed by atoms with Crippen LogP contribution in [0.25, 0.3) is 0 Å². The van der Waals surface area contributed by atoms with Crippen molar-refractivity contribution in [2.24, 2.45) is 0 Å². The molecule has 0 bridgehead atoms. The quantitative estimate of drug-likeness (QED) is 0.521. The number of rotatable bonds is 5. The fourth-order valence-electron chi connectivity index (χ4n) is 4.26. The zero-order valence-corrected chi connectivity index (χ0v) is 17.3. The molecule has 4 heteroatoms. The van der Waals surface area contributed by atoms with Crippen molar-refractivity contribution >= 4 is 11.9 Å². The van der Waals surface area contributed by atoms with Gasteiger partial charge >= 0.3 is 11.9 Å². The fraction of sp³-hybridized carbons (Fsp3) is 0.417. The highest BCUT2D eigenvalue weighted by molar-refractivity contribution is 5.72. The van der Waals surface area contributed by atoms with Crippen LogP contribution in [-0.2, 0) is 20.4 Å². The van der Waals surface area contributed by atoms with E-state index in [1.165, 1.54) is 11.1 Å². The molecule has 3 rings (SSSR count). The Bertz CT molecular complexity index is 895. The highest BCUT2D eigenvalue weighted by Gasteiger charge is 2.45. The van der Waals surface area contributed by atoms with Gasteiger partial charge in [-0.25, -0.2) is 0 Å². The van der Waals surface area contributed by atoms with Crippen molar-refractivity contribution in [1.82, 2.24) is 0 Å². The van der Waals surface area contributed by atoms with Crippen LogP contribution in [0.2, 0.25) is 0 Å². The topological polar surface area (TPSA) is 52.6 Å². The van der Waals surface area contributed by atoms with E-state index in [-0.39, 0.29) is 22.8 Å². The number of carbonyl (C=O) groups excluding carboxylic acids is 2.